The molecule has 128 valence electrons. The molecule has 6 heteroatoms. The van der Waals surface area contributed by atoms with Crippen molar-refractivity contribution in [2.24, 2.45) is 0 Å². The number of rotatable bonds is 6. The van der Waals surface area contributed by atoms with Gasteiger partial charge in [0.2, 0.25) is 0 Å². The fourth-order valence-electron chi connectivity index (χ4n) is 2.82. The molecule has 2 heterocycles. The lowest BCUT2D eigenvalue weighted by atomic mass is 10.2. The van der Waals surface area contributed by atoms with Gasteiger partial charge in [-0.05, 0) is 42.8 Å². The van der Waals surface area contributed by atoms with Gasteiger partial charge >= 0.3 is 0 Å². The molecule has 0 atom stereocenters. The molecule has 0 unspecified atom stereocenters. The SMILES string of the molecule is Oc1cccnc1N1CCN(CCCOc2ccc(F)cc2)CC1. The first-order chi connectivity index (χ1) is 11.7. The van der Waals surface area contributed by atoms with Gasteiger partial charge in [0.25, 0.3) is 0 Å². The molecule has 0 aliphatic carbocycles. The van der Waals surface area contributed by atoms with Gasteiger partial charge in [-0.25, -0.2) is 9.37 Å². The second-order valence-electron chi connectivity index (χ2n) is 5.83. The van der Waals surface area contributed by atoms with Crippen LogP contribution in [-0.2, 0) is 0 Å². The normalized spacial score (nSPS) is 15.5. The van der Waals surface area contributed by atoms with E-state index in [1.807, 2.05) is 0 Å². The van der Waals surface area contributed by atoms with Crippen LogP contribution < -0.4 is 9.64 Å². The van der Waals surface area contributed by atoms with Crippen molar-refractivity contribution >= 4 is 5.82 Å². The lowest BCUT2D eigenvalue weighted by Gasteiger charge is -2.35. The Labute approximate surface area is 141 Å². The minimum atomic E-state index is -0.251. The molecular formula is C18H22FN3O2. The quantitative estimate of drug-likeness (QED) is 0.824. The standard InChI is InChI=1S/C18H22FN3O2/c19-15-4-6-16(7-5-15)24-14-2-9-21-10-12-22(13-11-21)18-17(23)3-1-8-20-18/h1,3-8,23H,2,9-14H2. The topological polar surface area (TPSA) is 48.8 Å². The third-order valence-electron chi connectivity index (χ3n) is 4.14. The molecule has 3 rings (SSSR count). The van der Waals surface area contributed by atoms with Crippen molar-refractivity contribution in [1.29, 1.82) is 0 Å². The Morgan fingerprint density at radius 1 is 1.08 bits per heavy atom. The molecule has 2 aromatic rings. The number of pyridine rings is 1. The van der Waals surface area contributed by atoms with Gasteiger partial charge in [0.1, 0.15) is 11.6 Å². The number of halogens is 1. The van der Waals surface area contributed by atoms with Crippen molar-refractivity contribution in [2.75, 3.05) is 44.2 Å². The summed E-state index contributed by atoms with van der Waals surface area (Å²) >= 11 is 0. The third-order valence-corrected chi connectivity index (χ3v) is 4.14. The average molecular weight is 331 g/mol. The molecule has 1 aromatic carbocycles. The Balaban J connectivity index is 1.37. The number of hydrogen-bond acceptors (Lipinski definition) is 5. The van der Waals surface area contributed by atoms with E-state index in [4.69, 9.17) is 4.74 Å². The van der Waals surface area contributed by atoms with Gasteiger partial charge in [0.05, 0.1) is 6.61 Å². The van der Waals surface area contributed by atoms with Crippen LogP contribution in [0, 0.1) is 5.82 Å². The largest absolute Gasteiger partial charge is 0.504 e. The summed E-state index contributed by atoms with van der Waals surface area (Å²) in [6.07, 6.45) is 2.63. The summed E-state index contributed by atoms with van der Waals surface area (Å²) in [6.45, 7) is 5.15. The maximum Gasteiger partial charge on any atom is 0.171 e. The van der Waals surface area contributed by atoms with Crippen LogP contribution >= 0.6 is 0 Å². The molecule has 0 amide bonds. The highest BCUT2D eigenvalue weighted by molar-refractivity contribution is 5.51. The van der Waals surface area contributed by atoms with Crippen LogP contribution in [0.5, 0.6) is 11.5 Å². The zero-order valence-electron chi connectivity index (χ0n) is 13.6. The van der Waals surface area contributed by atoms with Crippen molar-refractivity contribution in [3.8, 4) is 11.5 Å². The highest BCUT2D eigenvalue weighted by Crippen LogP contribution is 2.24. The zero-order valence-corrected chi connectivity index (χ0v) is 13.6. The minimum absolute atomic E-state index is 0.235. The van der Waals surface area contributed by atoms with Crippen LogP contribution in [0.3, 0.4) is 0 Å². The number of piperazine rings is 1. The lowest BCUT2D eigenvalue weighted by Crippen LogP contribution is -2.47. The van der Waals surface area contributed by atoms with Gasteiger partial charge in [0, 0.05) is 38.9 Å². The van der Waals surface area contributed by atoms with Crippen molar-refractivity contribution < 1.29 is 14.2 Å². The number of ether oxygens (including phenoxy) is 1. The number of anilines is 1. The highest BCUT2D eigenvalue weighted by Gasteiger charge is 2.19. The smallest absolute Gasteiger partial charge is 0.171 e. The van der Waals surface area contributed by atoms with Crippen LogP contribution in [0.25, 0.3) is 0 Å². The number of hydrogen-bond donors (Lipinski definition) is 1. The maximum absolute atomic E-state index is 12.8. The van der Waals surface area contributed by atoms with Crippen molar-refractivity contribution in [3.05, 3.63) is 48.4 Å². The molecule has 0 spiro atoms. The van der Waals surface area contributed by atoms with Gasteiger partial charge in [-0.1, -0.05) is 0 Å². The fourth-order valence-corrected chi connectivity index (χ4v) is 2.82. The molecule has 5 nitrogen and oxygen atoms in total. The first-order valence-corrected chi connectivity index (χ1v) is 8.22. The molecule has 1 aliphatic rings. The number of benzene rings is 1. The van der Waals surface area contributed by atoms with E-state index >= 15 is 0 Å². The lowest BCUT2D eigenvalue weighted by molar-refractivity contribution is 0.224. The van der Waals surface area contributed by atoms with Crippen molar-refractivity contribution in [3.63, 3.8) is 0 Å². The molecule has 1 N–H and O–H groups in total. The fraction of sp³-hybridized carbons (Fsp3) is 0.389. The predicted molar refractivity (Wildman–Crippen MR) is 91.1 cm³/mol. The second-order valence-corrected chi connectivity index (χ2v) is 5.83. The van der Waals surface area contributed by atoms with Gasteiger partial charge in [-0.2, -0.15) is 0 Å². The Bertz CT molecular complexity index is 643. The van der Waals surface area contributed by atoms with Crippen molar-refractivity contribution in [2.45, 2.75) is 6.42 Å². The van der Waals surface area contributed by atoms with E-state index in [0.29, 0.717) is 18.2 Å². The van der Waals surface area contributed by atoms with E-state index in [0.717, 1.165) is 39.1 Å². The summed E-state index contributed by atoms with van der Waals surface area (Å²) < 4.78 is 18.4. The third kappa shape index (κ3) is 4.35. The first kappa shape index (κ1) is 16.5. The summed E-state index contributed by atoms with van der Waals surface area (Å²) in [7, 11) is 0. The molecule has 1 aromatic heterocycles. The van der Waals surface area contributed by atoms with E-state index in [2.05, 4.69) is 14.8 Å². The van der Waals surface area contributed by atoms with Crippen LogP contribution in [0.4, 0.5) is 10.2 Å². The first-order valence-electron chi connectivity index (χ1n) is 8.22. The van der Waals surface area contributed by atoms with Gasteiger partial charge in [-0.3, -0.25) is 4.90 Å². The van der Waals surface area contributed by atoms with E-state index in [9.17, 15) is 9.50 Å². The molecular weight excluding hydrogens is 309 g/mol. The predicted octanol–water partition coefficient (Wildman–Crippen LogP) is 2.52. The molecule has 0 saturated carbocycles. The van der Waals surface area contributed by atoms with Crippen LogP contribution in [0.2, 0.25) is 0 Å². The van der Waals surface area contributed by atoms with Gasteiger partial charge in [-0.15, -0.1) is 0 Å². The molecule has 1 aliphatic heterocycles. The second kappa shape index (κ2) is 7.97. The Kier molecular flexibility index (Phi) is 5.48. The Morgan fingerprint density at radius 2 is 1.83 bits per heavy atom. The summed E-state index contributed by atoms with van der Waals surface area (Å²) in [4.78, 5) is 8.74. The Hall–Kier alpha value is -2.34. The molecule has 1 fully saturated rings. The minimum Gasteiger partial charge on any atom is -0.504 e. The van der Waals surface area contributed by atoms with Crippen LogP contribution in [-0.4, -0.2) is 54.3 Å². The number of nitrogens with zero attached hydrogens (tertiary/aromatic N) is 3. The highest BCUT2D eigenvalue weighted by atomic mass is 19.1. The zero-order chi connectivity index (χ0) is 16.8. The van der Waals surface area contributed by atoms with E-state index in [-0.39, 0.29) is 11.6 Å². The molecule has 1 saturated heterocycles. The summed E-state index contributed by atoms with van der Waals surface area (Å²) in [6, 6.07) is 9.50. The van der Waals surface area contributed by atoms with E-state index in [1.165, 1.54) is 12.1 Å². The maximum atomic E-state index is 12.8. The van der Waals surface area contributed by atoms with Gasteiger partial charge in [0.15, 0.2) is 11.6 Å². The van der Waals surface area contributed by atoms with Gasteiger partial charge < -0.3 is 14.7 Å². The number of aromatic hydroxyl groups is 1. The molecule has 0 bridgehead atoms. The Morgan fingerprint density at radius 3 is 2.54 bits per heavy atom. The van der Waals surface area contributed by atoms with Crippen LogP contribution in [0.1, 0.15) is 6.42 Å². The average Bonchev–Trinajstić information content (AvgIpc) is 2.61. The van der Waals surface area contributed by atoms with E-state index in [1.54, 1.807) is 30.5 Å². The van der Waals surface area contributed by atoms with E-state index < -0.39 is 0 Å². The summed E-state index contributed by atoms with van der Waals surface area (Å²) in [5, 5.41) is 9.87. The summed E-state index contributed by atoms with van der Waals surface area (Å²) in [5.74, 6) is 1.35. The monoisotopic (exact) mass is 331 g/mol. The molecule has 24 heavy (non-hydrogen) atoms. The van der Waals surface area contributed by atoms with Crippen molar-refractivity contribution in [1.82, 2.24) is 9.88 Å². The van der Waals surface area contributed by atoms with Crippen LogP contribution in [0.15, 0.2) is 42.6 Å². The number of aromatic nitrogens is 1. The molecule has 0 radical (unpaired) electrons. The summed E-state index contributed by atoms with van der Waals surface area (Å²) in [5.41, 5.74) is 0.